The Hall–Kier alpha value is -2.07. The van der Waals surface area contributed by atoms with Gasteiger partial charge >= 0.3 is 0 Å². The summed E-state index contributed by atoms with van der Waals surface area (Å²) in [5, 5.41) is 12.3. The molecule has 4 nitrogen and oxygen atoms in total. The van der Waals surface area contributed by atoms with E-state index in [4.69, 9.17) is 4.42 Å². The summed E-state index contributed by atoms with van der Waals surface area (Å²) in [5.41, 5.74) is 1.97. The number of amides is 1. The molecule has 0 fully saturated rings. The van der Waals surface area contributed by atoms with Gasteiger partial charge in [0.15, 0.2) is 0 Å². The van der Waals surface area contributed by atoms with Crippen LogP contribution in [0.1, 0.15) is 28.7 Å². The fourth-order valence-electron chi connectivity index (χ4n) is 2.18. The minimum absolute atomic E-state index is 0.131. The summed E-state index contributed by atoms with van der Waals surface area (Å²) in [4.78, 5) is 12.0. The number of aliphatic hydroxyl groups excluding tert-OH is 1. The molecule has 0 saturated heterocycles. The number of carbonyl (C=O) groups is 1. The molecule has 0 aliphatic rings. The fourth-order valence-corrected chi connectivity index (χ4v) is 2.18. The van der Waals surface area contributed by atoms with Crippen molar-refractivity contribution in [2.24, 2.45) is 0 Å². The van der Waals surface area contributed by atoms with Gasteiger partial charge in [0, 0.05) is 0 Å². The van der Waals surface area contributed by atoms with Gasteiger partial charge in [-0.2, -0.15) is 0 Å². The smallest absolute Gasteiger partial charge is 0.228 e. The quantitative estimate of drug-likeness (QED) is 0.878. The lowest BCUT2D eigenvalue weighted by molar-refractivity contribution is -0.121. The van der Waals surface area contributed by atoms with Gasteiger partial charge in [-0.3, -0.25) is 4.79 Å². The third-order valence-electron chi connectivity index (χ3n) is 3.21. The predicted molar refractivity (Wildman–Crippen MR) is 76.3 cm³/mol. The standard InChI is InChI=1S/C16H19NO3/c1-11-5-3-4-6-14(11)15(10-18)17-16(19)9-13-8-7-12(2)20-13/h3-8,15,18H,9-10H2,1-2H3,(H,17,19). The van der Waals surface area contributed by atoms with Crippen molar-refractivity contribution in [3.05, 3.63) is 59.0 Å². The highest BCUT2D eigenvalue weighted by Crippen LogP contribution is 2.17. The molecule has 106 valence electrons. The maximum absolute atomic E-state index is 12.0. The highest BCUT2D eigenvalue weighted by Gasteiger charge is 2.16. The van der Waals surface area contributed by atoms with Crippen LogP contribution in [0.5, 0.6) is 0 Å². The molecule has 1 aromatic heterocycles. The van der Waals surface area contributed by atoms with E-state index in [0.29, 0.717) is 5.76 Å². The van der Waals surface area contributed by atoms with E-state index >= 15 is 0 Å². The highest BCUT2D eigenvalue weighted by atomic mass is 16.3. The normalized spacial score (nSPS) is 12.2. The third-order valence-corrected chi connectivity index (χ3v) is 3.21. The number of benzene rings is 1. The third kappa shape index (κ3) is 3.48. The van der Waals surface area contributed by atoms with Gasteiger partial charge in [-0.15, -0.1) is 0 Å². The van der Waals surface area contributed by atoms with Crippen LogP contribution in [0.4, 0.5) is 0 Å². The van der Waals surface area contributed by atoms with E-state index in [1.165, 1.54) is 0 Å². The van der Waals surface area contributed by atoms with Crippen LogP contribution in [-0.4, -0.2) is 17.6 Å². The molecule has 2 rings (SSSR count). The van der Waals surface area contributed by atoms with E-state index in [-0.39, 0.29) is 25.0 Å². The molecule has 1 heterocycles. The monoisotopic (exact) mass is 273 g/mol. The summed E-state index contributed by atoms with van der Waals surface area (Å²) < 4.78 is 5.38. The van der Waals surface area contributed by atoms with Gasteiger partial charge in [0.2, 0.25) is 5.91 Å². The van der Waals surface area contributed by atoms with Crippen LogP contribution in [0, 0.1) is 13.8 Å². The van der Waals surface area contributed by atoms with Crippen molar-refractivity contribution in [1.82, 2.24) is 5.32 Å². The minimum Gasteiger partial charge on any atom is -0.466 e. The Bertz CT molecular complexity index is 589. The van der Waals surface area contributed by atoms with Gasteiger partial charge in [-0.05, 0) is 37.1 Å². The van der Waals surface area contributed by atoms with Gasteiger partial charge in [0.05, 0.1) is 19.1 Å². The van der Waals surface area contributed by atoms with E-state index in [9.17, 15) is 9.90 Å². The maximum Gasteiger partial charge on any atom is 0.228 e. The van der Waals surface area contributed by atoms with Gasteiger partial charge in [-0.1, -0.05) is 24.3 Å². The first-order valence-electron chi connectivity index (χ1n) is 6.61. The van der Waals surface area contributed by atoms with Crippen LogP contribution < -0.4 is 5.32 Å². The molecule has 4 heteroatoms. The van der Waals surface area contributed by atoms with Gasteiger partial charge in [0.1, 0.15) is 11.5 Å². The fraction of sp³-hybridized carbons (Fsp3) is 0.312. The van der Waals surface area contributed by atoms with Crippen molar-refractivity contribution in [3.63, 3.8) is 0 Å². The Morgan fingerprint density at radius 2 is 2.00 bits per heavy atom. The summed E-state index contributed by atoms with van der Waals surface area (Å²) in [7, 11) is 0. The van der Waals surface area contributed by atoms with Crippen molar-refractivity contribution >= 4 is 5.91 Å². The number of aliphatic hydroxyl groups is 1. The Morgan fingerprint density at radius 1 is 1.25 bits per heavy atom. The Morgan fingerprint density at radius 3 is 2.60 bits per heavy atom. The van der Waals surface area contributed by atoms with Crippen LogP contribution in [0.2, 0.25) is 0 Å². The number of carbonyl (C=O) groups excluding carboxylic acids is 1. The first kappa shape index (κ1) is 14.3. The van der Waals surface area contributed by atoms with Crippen LogP contribution >= 0.6 is 0 Å². The molecule has 1 amide bonds. The number of furan rings is 1. The molecule has 1 aromatic carbocycles. The lowest BCUT2D eigenvalue weighted by atomic mass is 10.0. The van der Waals surface area contributed by atoms with Crippen molar-refractivity contribution in [3.8, 4) is 0 Å². The lowest BCUT2D eigenvalue weighted by Crippen LogP contribution is -2.32. The zero-order chi connectivity index (χ0) is 14.5. The topological polar surface area (TPSA) is 62.5 Å². The zero-order valence-electron chi connectivity index (χ0n) is 11.7. The SMILES string of the molecule is Cc1ccc(CC(=O)NC(CO)c2ccccc2C)o1. The second-order valence-electron chi connectivity index (χ2n) is 4.85. The summed E-state index contributed by atoms with van der Waals surface area (Å²) in [6, 6.07) is 10.9. The van der Waals surface area contributed by atoms with Gasteiger partial charge < -0.3 is 14.8 Å². The molecule has 0 aliphatic heterocycles. The maximum atomic E-state index is 12.0. The molecule has 1 atom stereocenters. The van der Waals surface area contributed by atoms with E-state index in [1.54, 1.807) is 6.07 Å². The van der Waals surface area contributed by atoms with Gasteiger partial charge in [-0.25, -0.2) is 0 Å². The number of hydrogen-bond donors (Lipinski definition) is 2. The average molecular weight is 273 g/mol. The largest absolute Gasteiger partial charge is 0.466 e. The molecule has 0 aliphatic carbocycles. The Balaban J connectivity index is 2.03. The van der Waals surface area contributed by atoms with E-state index in [1.807, 2.05) is 44.2 Å². The molecule has 2 aromatic rings. The highest BCUT2D eigenvalue weighted by molar-refractivity contribution is 5.78. The average Bonchev–Trinajstić information content (AvgIpc) is 2.82. The molecular formula is C16H19NO3. The zero-order valence-corrected chi connectivity index (χ0v) is 11.7. The van der Waals surface area contributed by atoms with Crippen LogP contribution in [-0.2, 0) is 11.2 Å². The van der Waals surface area contributed by atoms with Crippen LogP contribution in [0.3, 0.4) is 0 Å². The van der Waals surface area contributed by atoms with Crippen molar-refractivity contribution in [2.45, 2.75) is 26.3 Å². The first-order valence-corrected chi connectivity index (χ1v) is 6.61. The Labute approximate surface area is 118 Å². The molecule has 0 spiro atoms. The first-order chi connectivity index (χ1) is 9.60. The summed E-state index contributed by atoms with van der Waals surface area (Å²) in [6.45, 7) is 3.67. The molecule has 20 heavy (non-hydrogen) atoms. The lowest BCUT2D eigenvalue weighted by Gasteiger charge is -2.18. The number of hydrogen-bond acceptors (Lipinski definition) is 3. The number of rotatable bonds is 5. The molecule has 0 radical (unpaired) electrons. The summed E-state index contributed by atoms with van der Waals surface area (Å²) in [5.74, 6) is 1.24. The van der Waals surface area contributed by atoms with Crippen LogP contribution in [0.25, 0.3) is 0 Å². The number of nitrogens with one attached hydrogen (secondary N) is 1. The molecular weight excluding hydrogens is 254 g/mol. The predicted octanol–water partition coefficient (Wildman–Crippen LogP) is 2.29. The molecule has 1 unspecified atom stereocenters. The second kappa shape index (κ2) is 6.39. The van der Waals surface area contributed by atoms with E-state index in [0.717, 1.165) is 16.9 Å². The minimum atomic E-state index is -0.389. The molecule has 0 saturated carbocycles. The Kier molecular flexibility index (Phi) is 4.58. The number of aryl methyl sites for hydroxylation is 2. The van der Waals surface area contributed by atoms with E-state index in [2.05, 4.69) is 5.32 Å². The summed E-state index contributed by atoms with van der Waals surface area (Å²) in [6.07, 6.45) is 0.177. The van der Waals surface area contributed by atoms with Crippen molar-refractivity contribution < 1.29 is 14.3 Å². The van der Waals surface area contributed by atoms with Gasteiger partial charge in [0.25, 0.3) is 0 Å². The molecule has 0 bridgehead atoms. The molecule has 2 N–H and O–H groups in total. The second-order valence-corrected chi connectivity index (χ2v) is 4.85. The van der Waals surface area contributed by atoms with Crippen molar-refractivity contribution in [1.29, 1.82) is 0 Å². The summed E-state index contributed by atoms with van der Waals surface area (Å²) >= 11 is 0. The van der Waals surface area contributed by atoms with E-state index < -0.39 is 0 Å². The van der Waals surface area contributed by atoms with Crippen molar-refractivity contribution in [2.75, 3.05) is 6.61 Å². The van der Waals surface area contributed by atoms with Crippen LogP contribution in [0.15, 0.2) is 40.8 Å².